The maximum Gasteiger partial charge on any atom is 0.323 e. The van der Waals surface area contributed by atoms with Gasteiger partial charge in [0.15, 0.2) is 0 Å². The van der Waals surface area contributed by atoms with Crippen LogP contribution in [0.25, 0.3) is 12.2 Å². The van der Waals surface area contributed by atoms with Crippen molar-refractivity contribution < 1.29 is 4.79 Å². The standard InChI is InChI=1S/C22H20N2O/c1-17-7-13-20(14-8-17)23-22(25)24-21-15-11-19(12-16-21)10-9-18-5-3-2-4-6-18/h2-16H,1H3,(H2,23,24,25)/b10-9+. The smallest absolute Gasteiger partial charge is 0.308 e. The summed E-state index contributed by atoms with van der Waals surface area (Å²) >= 11 is 0. The molecule has 3 nitrogen and oxygen atoms in total. The zero-order valence-corrected chi connectivity index (χ0v) is 14.1. The third-order valence-corrected chi connectivity index (χ3v) is 3.75. The molecule has 0 bridgehead atoms. The van der Waals surface area contributed by atoms with Gasteiger partial charge in [0.2, 0.25) is 0 Å². The topological polar surface area (TPSA) is 41.1 Å². The van der Waals surface area contributed by atoms with E-state index >= 15 is 0 Å². The normalized spacial score (nSPS) is 10.6. The van der Waals surface area contributed by atoms with E-state index in [9.17, 15) is 4.79 Å². The number of anilines is 2. The van der Waals surface area contributed by atoms with Crippen LogP contribution in [0.4, 0.5) is 16.2 Å². The summed E-state index contributed by atoms with van der Waals surface area (Å²) in [6, 6.07) is 25.3. The zero-order valence-electron chi connectivity index (χ0n) is 14.1. The van der Waals surface area contributed by atoms with Gasteiger partial charge < -0.3 is 10.6 Å². The number of carbonyl (C=O) groups excluding carboxylic acids is 1. The van der Waals surface area contributed by atoms with Gasteiger partial charge in [0.25, 0.3) is 0 Å². The molecule has 3 aromatic carbocycles. The molecule has 0 radical (unpaired) electrons. The van der Waals surface area contributed by atoms with Crippen molar-refractivity contribution in [1.29, 1.82) is 0 Å². The first-order valence-electron chi connectivity index (χ1n) is 8.17. The molecule has 3 aromatic rings. The minimum absolute atomic E-state index is 0.253. The highest BCUT2D eigenvalue weighted by atomic mass is 16.2. The lowest BCUT2D eigenvalue weighted by Gasteiger charge is -2.08. The van der Waals surface area contributed by atoms with E-state index in [4.69, 9.17) is 0 Å². The summed E-state index contributed by atoms with van der Waals surface area (Å²) in [6.45, 7) is 2.01. The molecular formula is C22H20N2O. The lowest BCUT2D eigenvalue weighted by molar-refractivity contribution is 0.262. The molecule has 0 aliphatic rings. The van der Waals surface area contributed by atoms with Crippen LogP contribution in [0.1, 0.15) is 16.7 Å². The SMILES string of the molecule is Cc1ccc(NC(=O)Nc2ccc(/C=C/c3ccccc3)cc2)cc1. The second-order valence-electron chi connectivity index (χ2n) is 5.81. The van der Waals surface area contributed by atoms with Crippen LogP contribution in [-0.2, 0) is 0 Å². The highest BCUT2D eigenvalue weighted by Crippen LogP contribution is 2.14. The molecule has 0 unspecified atom stereocenters. The van der Waals surface area contributed by atoms with Crippen molar-refractivity contribution in [1.82, 2.24) is 0 Å². The van der Waals surface area contributed by atoms with Crippen molar-refractivity contribution in [3.8, 4) is 0 Å². The maximum atomic E-state index is 12.0. The Morgan fingerprint density at radius 1 is 0.680 bits per heavy atom. The third kappa shape index (κ3) is 5.08. The molecule has 124 valence electrons. The fourth-order valence-corrected chi connectivity index (χ4v) is 2.36. The Hall–Kier alpha value is -3.33. The first-order valence-corrected chi connectivity index (χ1v) is 8.17. The van der Waals surface area contributed by atoms with Crippen LogP contribution in [0.15, 0.2) is 78.9 Å². The molecule has 0 heterocycles. The zero-order chi connectivity index (χ0) is 17.5. The van der Waals surface area contributed by atoms with Crippen molar-refractivity contribution in [2.24, 2.45) is 0 Å². The van der Waals surface area contributed by atoms with Gasteiger partial charge in [0.05, 0.1) is 0 Å². The van der Waals surface area contributed by atoms with Crippen LogP contribution in [-0.4, -0.2) is 6.03 Å². The van der Waals surface area contributed by atoms with Gasteiger partial charge in [-0.15, -0.1) is 0 Å². The number of nitrogens with one attached hydrogen (secondary N) is 2. The Balaban J connectivity index is 1.57. The third-order valence-electron chi connectivity index (χ3n) is 3.75. The molecular weight excluding hydrogens is 308 g/mol. The lowest BCUT2D eigenvalue weighted by Crippen LogP contribution is -2.19. The van der Waals surface area contributed by atoms with Gasteiger partial charge >= 0.3 is 6.03 Å². The molecule has 0 aliphatic carbocycles. The largest absolute Gasteiger partial charge is 0.323 e. The van der Waals surface area contributed by atoms with Crippen molar-refractivity contribution in [2.45, 2.75) is 6.92 Å². The molecule has 2 amide bonds. The van der Waals surface area contributed by atoms with E-state index in [-0.39, 0.29) is 6.03 Å². The maximum absolute atomic E-state index is 12.0. The predicted octanol–water partition coefficient (Wildman–Crippen LogP) is 5.81. The monoisotopic (exact) mass is 328 g/mol. The summed E-state index contributed by atoms with van der Waals surface area (Å²) in [5, 5.41) is 5.65. The quantitative estimate of drug-likeness (QED) is 0.583. The average molecular weight is 328 g/mol. The van der Waals surface area contributed by atoms with Crippen molar-refractivity contribution in [3.05, 3.63) is 95.6 Å². The van der Waals surface area contributed by atoms with Crippen LogP contribution in [0.5, 0.6) is 0 Å². The van der Waals surface area contributed by atoms with Crippen molar-refractivity contribution in [2.75, 3.05) is 10.6 Å². The Bertz CT molecular complexity index is 851. The van der Waals surface area contributed by atoms with Gasteiger partial charge in [-0.2, -0.15) is 0 Å². The highest BCUT2D eigenvalue weighted by molar-refractivity contribution is 5.99. The van der Waals surface area contributed by atoms with Crippen LogP contribution < -0.4 is 10.6 Å². The van der Waals surface area contributed by atoms with Crippen LogP contribution in [0.3, 0.4) is 0 Å². The van der Waals surface area contributed by atoms with Gasteiger partial charge in [0, 0.05) is 11.4 Å². The number of amides is 2. The minimum Gasteiger partial charge on any atom is -0.308 e. The number of hydrogen-bond acceptors (Lipinski definition) is 1. The summed E-state index contributed by atoms with van der Waals surface area (Å²) in [7, 11) is 0. The molecule has 0 fully saturated rings. The van der Waals surface area contributed by atoms with Gasteiger partial charge in [-0.3, -0.25) is 0 Å². The molecule has 0 saturated heterocycles. The van der Waals surface area contributed by atoms with Crippen LogP contribution in [0, 0.1) is 6.92 Å². The first-order chi connectivity index (χ1) is 12.2. The predicted molar refractivity (Wildman–Crippen MR) is 106 cm³/mol. The molecule has 0 aromatic heterocycles. The Kier molecular flexibility index (Phi) is 5.27. The number of hydrogen-bond donors (Lipinski definition) is 2. The number of carbonyl (C=O) groups is 1. The van der Waals surface area contributed by atoms with Gasteiger partial charge in [-0.1, -0.05) is 72.3 Å². The molecule has 0 aliphatic heterocycles. The summed E-state index contributed by atoms with van der Waals surface area (Å²) in [4.78, 5) is 12.0. The minimum atomic E-state index is -0.253. The molecule has 2 N–H and O–H groups in total. The first kappa shape index (κ1) is 16.5. The molecule has 3 heteroatoms. The number of urea groups is 1. The van der Waals surface area contributed by atoms with E-state index in [2.05, 4.69) is 28.8 Å². The van der Waals surface area contributed by atoms with E-state index in [1.54, 1.807) is 0 Å². The van der Waals surface area contributed by atoms with Crippen LogP contribution >= 0.6 is 0 Å². The summed E-state index contributed by atoms with van der Waals surface area (Å²) in [5.41, 5.74) is 4.91. The molecule has 3 rings (SSSR count). The van der Waals surface area contributed by atoms with E-state index in [0.717, 1.165) is 28.1 Å². The molecule has 0 spiro atoms. The van der Waals surface area contributed by atoms with Crippen molar-refractivity contribution >= 4 is 29.6 Å². The van der Waals surface area contributed by atoms with E-state index in [1.807, 2.05) is 79.7 Å². The summed E-state index contributed by atoms with van der Waals surface area (Å²) in [6.07, 6.45) is 4.11. The second kappa shape index (κ2) is 7.97. The molecule has 0 saturated carbocycles. The summed E-state index contributed by atoms with van der Waals surface area (Å²) in [5.74, 6) is 0. The van der Waals surface area contributed by atoms with Gasteiger partial charge in [0.1, 0.15) is 0 Å². The molecule has 0 atom stereocenters. The van der Waals surface area contributed by atoms with Crippen molar-refractivity contribution in [3.63, 3.8) is 0 Å². The summed E-state index contributed by atoms with van der Waals surface area (Å²) < 4.78 is 0. The lowest BCUT2D eigenvalue weighted by atomic mass is 10.1. The molecule has 25 heavy (non-hydrogen) atoms. The average Bonchev–Trinajstić information content (AvgIpc) is 2.64. The van der Waals surface area contributed by atoms with E-state index in [1.165, 1.54) is 0 Å². The van der Waals surface area contributed by atoms with Gasteiger partial charge in [-0.05, 0) is 42.3 Å². The fourth-order valence-electron chi connectivity index (χ4n) is 2.36. The Morgan fingerprint density at radius 3 is 1.72 bits per heavy atom. The second-order valence-corrected chi connectivity index (χ2v) is 5.81. The number of benzene rings is 3. The Labute approximate surface area is 148 Å². The number of rotatable bonds is 4. The fraction of sp³-hybridized carbons (Fsp3) is 0.0455. The highest BCUT2D eigenvalue weighted by Gasteiger charge is 2.02. The van der Waals surface area contributed by atoms with Gasteiger partial charge in [-0.25, -0.2) is 4.79 Å². The van der Waals surface area contributed by atoms with E-state index < -0.39 is 0 Å². The Morgan fingerprint density at radius 2 is 1.16 bits per heavy atom. The van der Waals surface area contributed by atoms with E-state index in [0.29, 0.717) is 0 Å². The number of aryl methyl sites for hydroxylation is 1. The van der Waals surface area contributed by atoms with Crippen LogP contribution in [0.2, 0.25) is 0 Å².